The molecule has 0 bridgehead atoms. The molecule has 0 aliphatic heterocycles. The van der Waals surface area contributed by atoms with Crippen LogP contribution in [0.4, 0.5) is 0 Å². The van der Waals surface area contributed by atoms with Crippen molar-refractivity contribution in [2.24, 2.45) is 0 Å². The van der Waals surface area contributed by atoms with Gasteiger partial charge in [0.05, 0.1) is 17.7 Å². The lowest BCUT2D eigenvalue weighted by molar-refractivity contribution is 0.0687. The molecule has 6 heteroatoms. The first-order valence-corrected chi connectivity index (χ1v) is 5.47. The number of benzene rings is 1. The van der Waals surface area contributed by atoms with Crippen molar-refractivity contribution >= 4 is 34.3 Å². The van der Waals surface area contributed by atoms with Crippen molar-refractivity contribution in [2.75, 3.05) is 7.11 Å². The van der Waals surface area contributed by atoms with E-state index in [0.29, 0.717) is 21.7 Å². The molecule has 0 aliphatic carbocycles. The molecule has 0 saturated carbocycles. The van der Waals surface area contributed by atoms with Gasteiger partial charge in [-0.15, -0.1) is 0 Å². The lowest BCUT2D eigenvalue weighted by Gasteiger charge is -2.03. The highest BCUT2D eigenvalue weighted by Crippen LogP contribution is 2.33. The smallest absolute Gasteiger partial charge is 0.353 e. The molecule has 2 rings (SSSR count). The van der Waals surface area contributed by atoms with E-state index in [4.69, 9.17) is 21.4 Å². The quantitative estimate of drug-likeness (QED) is 0.838. The summed E-state index contributed by atoms with van der Waals surface area (Å²) in [6.45, 7) is 1.32. The number of halogens is 1. The summed E-state index contributed by atoms with van der Waals surface area (Å²) in [4.78, 5) is 25.3. The SMILES string of the molecule is COc1cc2c(C(C)=O)c(C(=O)O)[nH]c2cc1Cl. The number of hydrogen-bond acceptors (Lipinski definition) is 3. The predicted molar refractivity (Wildman–Crippen MR) is 66.8 cm³/mol. The van der Waals surface area contributed by atoms with Crippen LogP contribution in [0.3, 0.4) is 0 Å². The topological polar surface area (TPSA) is 79.4 Å². The normalized spacial score (nSPS) is 10.6. The highest BCUT2D eigenvalue weighted by atomic mass is 35.5. The fourth-order valence-electron chi connectivity index (χ4n) is 1.88. The van der Waals surface area contributed by atoms with E-state index in [9.17, 15) is 9.59 Å². The molecule has 1 aromatic carbocycles. The molecule has 94 valence electrons. The van der Waals surface area contributed by atoms with Crippen molar-refractivity contribution in [2.45, 2.75) is 6.92 Å². The fraction of sp³-hybridized carbons (Fsp3) is 0.167. The minimum Gasteiger partial charge on any atom is -0.495 e. The third-order valence-electron chi connectivity index (χ3n) is 2.64. The first kappa shape index (κ1) is 12.4. The Morgan fingerprint density at radius 3 is 2.56 bits per heavy atom. The number of aromatic nitrogens is 1. The second-order valence-electron chi connectivity index (χ2n) is 3.77. The Morgan fingerprint density at radius 2 is 2.06 bits per heavy atom. The second-order valence-corrected chi connectivity index (χ2v) is 4.18. The van der Waals surface area contributed by atoms with Gasteiger partial charge in [0.25, 0.3) is 0 Å². The molecule has 5 nitrogen and oxygen atoms in total. The average Bonchev–Trinajstić information content (AvgIpc) is 2.66. The van der Waals surface area contributed by atoms with Gasteiger partial charge < -0.3 is 14.8 Å². The Morgan fingerprint density at radius 1 is 1.39 bits per heavy atom. The fourth-order valence-corrected chi connectivity index (χ4v) is 2.12. The van der Waals surface area contributed by atoms with Gasteiger partial charge in [-0.2, -0.15) is 0 Å². The molecular weight excluding hydrogens is 258 g/mol. The number of hydrogen-bond donors (Lipinski definition) is 2. The van der Waals surface area contributed by atoms with E-state index in [2.05, 4.69) is 4.98 Å². The minimum absolute atomic E-state index is 0.132. The van der Waals surface area contributed by atoms with Crippen LogP contribution in [0.1, 0.15) is 27.8 Å². The molecule has 0 unspecified atom stereocenters. The Hall–Kier alpha value is -2.01. The number of ether oxygens (including phenoxy) is 1. The average molecular weight is 268 g/mol. The number of aromatic carboxylic acids is 1. The summed E-state index contributed by atoms with van der Waals surface area (Å²) in [6.07, 6.45) is 0. The van der Waals surface area contributed by atoms with Crippen molar-refractivity contribution in [3.63, 3.8) is 0 Å². The molecule has 0 fully saturated rings. The number of fused-ring (bicyclic) bond motifs is 1. The Bertz CT molecular complexity index is 660. The van der Waals surface area contributed by atoms with Crippen molar-refractivity contribution in [1.29, 1.82) is 0 Å². The maximum absolute atomic E-state index is 11.6. The van der Waals surface area contributed by atoms with Crippen LogP contribution >= 0.6 is 11.6 Å². The van der Waals surface area contributed by atoms with Gasteiger partial charge in [0.2, 0.25) is 0 Å². The van der Waals surface area contributed by atoms with E-state index in [-0.39, 0.29) is 17.0 Å². The van der Waals surface area contributed by atoms with Crippen molar-refractivity contribution < 1.29 is 19.4 Å². The van der Waals surface area contributed by atoms with Gasteiger partial charge in [-0.3, -0.25) is 4.79 Å². The van der Waals surface area contributed by atoms with Crippen molar-refractivity contribution in [3.8, 4) is 5.75 Å². The number of carbonyl (C=O) groups is 2. The Kier molecular flexibility index (Phi) is 3.00. The van der Waals surface area contributed by atoms with Crippen LogP contribution in [0.5, 0.6) is 5.75 Å². The summed E-state index contributed by atoms with van der Waals surface area (Å²) in [5.74, 6) is -1.13. The first-order chi connectivity index (χ1) is 8.45. The molecule has 2 N–H and O–H groups in total. The zero-order chi connectivity index (χ0) is 13.4. The van der Waals surface area contributed by atoms with E-state index >= 15 is 0 Å². The van der Waals surface area contributed by atoms with Gasteiger partial charge in [-0.1, -0.05) is 11.6 Å². The molecular formula is C12H10ClNO4. The van der Waals surface area contributed by atoms with Crippen LogP contribution in [0.2, 0.25) is 5.02 Å². The first-order valence-electron chi connectivity index (χ1n) is 5.09. The van der Waals surface area contributed by atoms with Crippen LogP contribution in [-0.2, 0) is 0 Å². The number of Topliss-reactive ketones (excluding diaryl/α,β-unsaturated/α-hetero) is 1. The molecule has 1 aromatic heterocycles. The molecule has 18 heavy (non-hydrogen) atoms. The molecule has 1 heterocycles. The molecule has 0 aliphatic rings. The number of H-pyrrole nitrogens is 1. The number of ketones is 1. The summed E-state index contributed by atoms with van der Waals surface area (Å²) < 4.78 is 5.05. The van der Waals surface area contributed by atoms with Crippen LogP contribution in [-0.4, -0.2) is 29.0 Å². The zero-order valence-electron chi connectivity index (χ0n) is 9.70. The highest BCUT2D eigenvalue weighted by molar-refractivity contribution is 6.33. The number of nitrogens with one attached hydrogen (secondary N) is 1. The summed E-state index contributed by atoms with van der Waals surface area (Å²) >= 11 is 5.95. The molecule has 0 radical (unpaired) electrons. The minimum atomic E-state index is -1.19. The van der Waals surface area contributed by atoms with Gasteiger partial charge >= 0.3 is 5.97 Å². The zero-order valence-corrected chi connectivity index (χ0v) is 10.5. The van der Waals surface area contributed by atoms with Gasteiger partial charge in [-0.05, 0) is 19.1 Å². The summed E-state index contributed by atoms with van der Waals surface area (Å²) in [7, 11) is 1.45. The molecule has 0 atom stereocenters. The lowest BCUT2D eigenvalue weighted by Crippen LogP contribution is -2.04. The highest BCUT2D eigenvalue weighted by Gasteiger charge is 2.21. The summed E-state index contributed by atoms with van der Waals surface area (Å²) in [6, 6.07) is 3.09. The second kappa shape index (κ2) is 4.34. The standard InChI is InChI=1S/C12H10ClNO4/c1-5(15)10-6-3-9(18-2)7(13)4-8(6)14-11(10)12(16)17/h3-4,14H,1-2H3,(H,16,17). The summed E-state index contributed by atoms with van der Waals surface area (Å²) in [5.41, 5.74) is 0.484. The largest absolute Gasteiger partial charge is 0.495 e. The van der Waals surface area contributed by atoms with Crippen LogP contribution in [0.25, 0.3) is 10.9 Å². The van der Waals surface area contributed by atoms with E-state index in [0.717, 1.165) is 0 Å². The maximum Gasteiger partial charge on any atom is 0.353 e. The van der Waals surface area contributed by atoms with E-state index < -0.39 is 5.97 Å². The lowest BCUT2D eigenvalue weighted by atomic mass is 10.1. The third-order valence-corrected chi connectivity index (χ3v) is 2.93. The third kappa shape index (κ3) is 1.82. The van der Waals surface area contributed by atoms with E-state index in [1.165, 1.54) is 20.1 Å². The summed E-state index contributed by atoms with van der Waals surface area (Å²) in [5, 5.41) is 9.90. The van der Waals surface area contributed by atoms with Crippen molar-refractivity contribution in [1.82, 2.24) is 4.98 Å². The Labute approximate surface area is 107 Å². The maximum atomic E-state index is 11.6. The number of aromatic amines is 1. The van der Waals surface area contributed by atoms with Crippen LogP contribution < -0.4 is 4.74 Å². The van der Waals surface area contributed by atoms with Gasteiger partial charge in [0, 0.05) is 10.9 Å². The number of methoxy groups -OCH3 is 1. The molecule has 0 amide bonds. The molecule has 0 saturated heterocycles. The van der Waals surface area contributed by atoms with Crippen LogP contribution in [0, 0.1) is 0 Å². The number of carboxylic acids is 1. The number of rotatable bonds is 3. The van der Waals surface area contributed by atoms with Gasteiger partial charge in [0.1, 0.15) is 11.4 Å². The number of carboxylic acid groups (broad SMARTS) is 1. The molecule has 2 aromatic rings. The van der Waals surface area contributed by atoms with E-state index in [1.54, 1.807) is 6.07 Å². The monoisotopic (exact) mass is 267 g/mol. The Balaban J connectivity index is 2.86. The van der Waals surface area contributed by atoms with Crippen LogP contribution in [0.15, 0.2) is 12.1 Å². The van der Waals surface area contributed by atoms with E-state index in [1.807, 2.05) is 0 Å². The predicted octanol–water partition coefficient (Wildman–Crippen LogP) is 2.73. The van der Waals surface area contributed by atoms with Gasteiger partial charge in [0.15, 0.2) is 5.78 Å². The van der Waals surface area contributed by atoms with Crippen molar-refractivity contribution in [3.05, 3.63) is 28.4 Å². The molecule has 0 spiro atoms. The van der Waals surface area contributed by atoms with Gasteiger partial charge in [-0.25, -0.2) is 4.79 Å². The number of carbonyl (C=O) groups excluding carboxylic acids is 1.